The average Bonchev–Trinajstić information content (AvgIpc) is 3.38. The Morgan fingerprint density at radius 2 is 1.97 bits per heavy atom. The fourth-order valence-electron chi connectivity index (χ4n) is 4.01. The predicted molar refractivity (Wildman–Crippen MR) is 117 cm³/mol. The van der Waals surface area contributed by atoms with Crippen LogP contribution in [0.1, 0.15) is 41.8 Å². The van der Waals surface area contributed by atoms with E-state index in [4.69, 9.17) is 9.84 Å². The molecule has 1 saturated carbocycles. The SMILES string of the molecule is C=C(CO)NCc1ccc(CN2Cc3ccc(OCC4CC4(C)F)cc3C(F)C2)cc1. The maximum absolute atomic E-state index is 14.9. The van der Waals surface area contributed by atoms with Gasteiger partial charge in [-0.1, -0.05) is 36.9 Å². The monoisotopic (exact) mass is 428 g/mol. The quantitative estimate of drug-likeness (QED) is 0.620. The number of hydrogen-bond donors (Lipinski definition) is 2. The van der Waals surface area contributed by atoms with Crippen LogP contribution in [0.2, 0.25) is 0 Å². The minimum Gasteiger partial charge on any atom is -0.493 e. The molecule has 0 radical (unpaired) electrons. The van der Waals surface area contributed by atoms with Crippen molar-refractivity contribution < 1.29 is 18.6 Å². The van der Waals surface area contributed by atoms with Gasteiger partial charge in [-0.05, 0) is 47.7 Å². The Bertz CT molecular complexity index is 930. The van der Waals surface area contributed by atoms with Gasteiger partial charge in [0.05, 0.1) is 13.2 Å². The molecule has 2 aromatic carbocycles. The van der Waals surface area contributed by atoms with Gasteiger partial charge in [0.15, 0.2) is 0 Å². The van der Waals surface area contributed by atoms with Gasteiger partial charge in [0.2, 0.25) is 0 Å². The number of alkyl halides is 2. The van der Waals surface area contributed by atoms with Crippen molar-refractivity contribution in [2.45, 2.75) is 44.8 Å². The lowest BCUT2D eigenvalue weighted by molar-refractivity contribution is 0.158. The van der Waals surface area contributed by atoms with Crippen molar-refractivity contribution in [1.29, 1.82) is 0 Å². The molecule has 4 nitrogen and oxygen atoms in total. The van der Waals surface area contributed by atoms with Crippen molar-refractivity contribution in [3.8, 4) is 5.75 Å². The van der Waals surface area contributed by atoms with Gasteiger partial charge < -0.3 is 15.2 Å². The highest BCUT2D eigenvalue weighted by Crippen LogP contribution is 2.47. The maximum atomic E-state index is 14.9. The second-order valence-corrected chi connectivity index (χ2v) is 8.92. The molecule has 166 valence electrons. The standard InChI is InChI=1S/C25H30F2N2O2/c1-17(15-30)28-11-18-3-5-19(6-4-18)12-29-13-20-7-8-22(9-23(20)24(26)14-29)31-16-21-10-25(21,2)27/h3-9,21,24,28,30H,1,10-16H2,2H3. The lowest BCUT2D eigenvalue weighted by Gasteiger charge is -2.31. The molecule has 3 atom stereocenters. The van der Waals surface area contributed by atoms with Crippen LogP contribution in [0.15, 0.2) is 54.7 Å². The van der Waals surface area contributed by atoms with E-state index in [1.54, 1.807) is 13.0 Å². The largest absolute Gasteiger partial charge is 0.493 e. The summed E-state index contributed by atoms with van der Waals surface area (Å²) in [7, 11) is 0. The van der Waals surface area contributed by atoms with E-state index in [9.17, 15) is 8.78 Å². The summed E-state index contributed by atoms with van der Waals surface area (Å²) in [4.78, 5) is 2.10. The van der Waals surface area contributed by atoms with Crippen LogP contribution in [0.25, 0.3) is 0 Å². The summed E-state index contributed by atoms with van der Waals surface area (Å²) >= 11 is 0. The van der Waals surface area contributed by atoms with Gasteiger partial charge >= 0.3 is 0 Å². The van der Waals surface area contributed by atoms with E-state index >= 15 is 0 Å². The molecule has 4 rings (SSSR count). The first-order valence-electron chi connectivity index (χ1n) is 10.8. The fourth-order valence-corrected chi connectivity index (χ4v) is 4.01. The lowest BCUT2D eigenvalue weighted by atomic mass is 9.97. The molecular formula is C25H30F2N2O2. The Balaban J connectivity index is 1.33. The van der Waals surface area contributed by atoms with Gasteiger partial charge in [-0.25, -0.2) is 8.78 Å². The van der Waals surface area contributed by atoms with Crippen LogP contribution in [-0.4, -0.2) is 35.4 Å². The van der Waals surface area contributed by atoms with Crippen molar-refractivity contribution in [3.63, 3.8) is 0 Å². The second kappa shape index (κ2) is 8.97. The molecule has 0 saturated heterocycles. The molecular weight excluding hydrogens is 398 g/mol. The zero-order chi connectivity index (χ0) is 22.0. The summed E-state index contributed by atoms with van der Waals surface area (Å²) in [6.45, 7) is 7.87. The number of halogens is 2. The minimum absolute atomic E-state index is 0.0594. The molecule has 1 aliphatic heterocycles. The molecule has 1 aliphatic carbocycles. The highest BCUT2D eigenvalue weighted by Gasteiger charge is 2.51. The highest BCUT2D eigenvalue weighted by molar-refractivity contribution is 5.39. The number of rotatable bonds is 9. The van der Waals surface area contributed by atoms with Crippen LogP contribution in [0.3, 0.4) is 0 Å². The zero-order valence-electron chi connectivity index (χ0n) is 17.9. The van der Waals surface area contributed by atoms with Crippen molar-refractivity contribution in [3.05, 3.63) is 77.0 Å². The van der Waals surface area contributed by atoms with Gasteiger partial charge in [-0.3, -0.25) is 4.90 Å². The summed E-state index contributed by atoms with van der Waals surface area (Å²) in [5.74, 6) is 0.557. The Hall–Kier alpha value is -2.44. The molecule has 1 heterocycles. The number of nitrogens with one attached hydrogen (secondary N) is 1. The van der Waals surface area contributed by atoms with Crippen molar-refractivity contribution in [2.75, 3.05) is 19.8 Å². The summed E-state index contributed by atoms with van der Waals surface area (Å²) in [5.41, 5.74) is 3.35. The third kappa shape index (κ3) is 5.43. The third-order valence-corrected chi connectivity index (χ3v) is 6.22. The molecule has 6 heteroatoms. The molecule has 0 bridgehead atoms. The summed E-state index contributed by atoms with van der Waals surface area (Å²) < 4.78 is 34.3. The number of hydrogen-bond acceptors (Lipinski definition) is 4. The molecule has 2 N–H and O–H groups in total. The lowest BCUT2D eigenvalue weighted by Crippen LogP contribution is -2.31. The Morgan fingerprint density at radius 3 is 2.65 bits per heavy atom. The smallest absolute Gasteiger partial charge is 0.138 e. The van der Waals surface area contributed by atoms with Gasteiger partial charge in [0.25, 0.3) is 0 Å². The number of fused-ring (bicyclic) bond motifs is 1. The normalized spacial score (nSPS) is 25.0. The van der Waals surface area contributed by atoms with Crippen LogP contribution in [-0.2, 0) is 19.6 Å². The van der Waals surface area contributed by atoms with Crippen LogP contribution in [0, 0.1) is 5.92 Å². The topological polar surface area (TPSA) is 44.7 Å². The summed E-state index contributed by atoms with van der Waals surface area (Å²) in [6, 6.07) is 13.7. The van der Waals surface area contributed by atoms with Gasteiger partial charge in [-0.2, -0.15) is 0 Å². The number of benzene rings is 2. The highest BCUT2D eigenvalue weighted by atomic mass is 19.1. The third-order valence-electron chi connectivity index (χ3n) is 6.22. The Kier molecular flexibility index (Phi) is 6.30. The van der Waals surface area contributed by atoms with Crippen molar-refractivity contribution >= 4 is 0 Å². The zero-order valence-corrected chi connectivity index (χ0v) is 17.9. The van der Waals surface area contributed by atoms with Crippen molar-refractivity contribution in [2.24, 2.45) is 5.92 Å². The molecule has 31 heavy (non-hydrogen) atoms. The number of ether oxygens (including phenoxy) is 1. The minimum atomic E-state index is -1.11. The number of aliphatic hydroxyl groups excluding tert-OH is 1. The van der Waals surface area contributed by atoms with E-state index in [1.807, 2.05) is 24.3 Å². The van der Waals surface area contributed by atoms with Crippen LogP contribution in [0.4, 0.5) is 8.78 Å². The van der Waals surface area contributed by atoms with Gasteiger partial charge in [0.1, 0.15) is 17.6 Å². The number of aliphatic hydroxyl groups is 1. The fraction of sp³-hybridized carbons (Fsp3) is 0.440. The molecule has 0 spiro atoms. The second-order valence-electron chi connectivity index (χ2n) is 8.92. The van der Waals surface area contributed by atoms with E-state index in [1.165, 1.54) is 0 Å². The Morgan fingerprint density at radius 1 is 1.26 bits per heavy atom. The maximum Gasteiger partial charge on any atom is 0.138 e. The molecule has 2 aromatic rings. The molecule has 3 unspecified atom stereocenters. The van der Waals surface area contributed by atoms with Gasteiger partial charge in [-0.15, -0.1) is 0 Å². The predicted octanol–water partition coefficient (Wildman–Crippen LogP) is 4.44. The summed E-state index contributed by atoms with van der Waals surface area (Å²) in [6.07, 6.45) is -0.540. The van der Waals surface area contributed by atoms with Crippen molar-refractivity contribution in [1.82, 2.24) is 10.2 Å². The summed E-state index contributed by atoms with van der Waals surface area (Å²) in [5, 5.41) is 12.1. The van der Waals surface area contributed by atoms with E-state index in [0.717, 1.165) is 16.7 Å². The molecule has 2 aliphatic rings. The molecule has 0 amide bonds. The van der Waals surface area contributed by atoms with E-state index in [-0.39, 0.29) is 12.5 Å². The molecule has 0 aromatic heterocycles. The number of nitrogens with zero attached hydrogens (tertiary/aromatic N) is 1. The van der Waals surface area contributed by atoms with Gasteiger partial charge in [0, 0.05) is 37.8 Å². The molecule has 1 fully saturated rings. The Labute approximate surface area is 182 Å². The van der Waals surface area contributed by atoms with Crippen LogP contribution >= 0.6 is 0 Å². The first-order chi connectivity index (χ1) is 14.8. The van der Waals surface area contributed by atoms with Crippen LogP contribution in [0.5, 0.6) is 5.75 Å². The van der Waals surface area contributed by atoms with E-state index < -0.39 is 11.8 Å². The first-order valence-corrected chi connectivity index (χ1v) is 10.8. The van der Waals surface area contributed by atoms with E-state index in [0.29, 0.717) is 56.2 Å². The first kappa shape index (κ1) is 21.8. The van der Waals surface area contributed by atoms with Crippen LogP contribution < -0.4 is 10.1 Å². The average molecular weight is 429 g/mol. The van der Waals surface area contributed by atoms with E-state index in [2.05, 4.69) is 28.9 Å².